The van der Waals surface area contributed by atoms with Crippen molar-refractivity contribution in [1.29, 1.82) is 5.26 Å². The minimum Gasteiger partial charge on any atom is -0.373 e. The van der Waals surface area contributed by atoms with Crippen LogP contribution in [-0.2, 0) is 9.53 Å². The van der Waals surface area contributed by atoms with E-state index < -0.39 is 0 Å². The van der Waals surface area contributed by atoms with E-state index in [0.717, 1.165) is 25.3 Å². The van der Waals surface area contributed by atoms with Crippen LogP contribution >= 0.6 is 0 Å². The van der Waals surface area contributed by atoms with Crippen molar-refractivity contribution in [2.75, 3.05) is 25.0 Å². The Bertz CT molecular complexity index is 511. The quantitative estimate of drug-likeness (QED) is 0.920. The van der Waals surface area contributed by atoms with Crippen molar-refractivity contribution in [2.45, 2.75) is 32.5 Å². The first kappa shape index (κ1) is 15.5. The lowest BCUT2D eigenvalue weighted by Gasteiger charge is -2.35. The van der Waals surface area contributed by atoms with Crippen LogP contribution < -0.4 is 5.32 Å². The zero-order chi connectivity index (χ0) is 15.2. The summed E-state index contributed by atoms with van der Waals surface area (Å²) in [5.41, 5.74) is 1.31. The standard InChI is InChI=1S/C16H21N3O2/c1-12-10-19(11-13(2)21-12)8-7-16(20)18-15-5-3-14(9-17)4-6-15/h3-6,12-13H,7-8,10-11H2,1-2H3,(H,18,20)/t12-,13+. The highest BCUT2D eigenvalue weighted by Gasteiger charge is 2.22. The molecule has 1 amide bonds. The zero-order valence-electron chi connectivity index (χ0n) is 12.5. The van der Waals surface area contributed by atoms with Gasteiger partial charge in [0.25, 0.3) is 0 Å². The molecule has 0 saturated carbocycles. The van der Waals surface area contributed by atoms with Crippen LogP contribution in [0.1, 0.15) is 25.8 Å². The van der Waals surface area contributed by atoms with Gasteiger partial charge in [0.1, 0.15) is 0 Å². The Kier molecular flexibility index (Phi) is 5.32. The highest BCUT2D eigenvalue weighted by atomic mass is 16.5. The fourth-order valence-electron chi connectivity index (χ4n) is 2.58. The van der Waals surface area contributed by atoms with Crippen LogP contribution in [0.2, 0.25) is 0 Å². The Morgan fingerprint density at radius 2 is 1.95 bits per heavy atom. The van der Waals surface area contributed by atoms with E-state index in [1.807, 2.05) is 0 Å². The molecule has 1 aliphatic heterocycles. The molecule has 2 atom stereocenters. The summed E-state index contributed by atoms with van der Waals surface area (Å²) in [6.45, 7) is 6.59. The Morgan fingerprint density at radius 1 is 1.33 bits per heavy atom. The van der Waals surface area contributed by atoms with Crippen molar-refractivity contribution in [2.24, 2.45) is 0 Å². The molecular weight excluding hydrogens is 266 g/mol. The first-order valence-electron chi connectivity index (χ1n) is 7.24. The predicted octanol–water partition coefficient (Wildman–Crippen LogP) is 2.00. The summed E-state index contributed by atoms with van der Waals surface area (Å²) in [6, 6.07) is 8.93. The molecule has 5 heteroatoms. The molecule has 1 fully saturated rings. The first-order valence-corrected chi connectivity index (χ1v) is 7.24. The largest absolute Gasteiger partial charge is 0.373 e. The minimum atomic E-state index is -0.00787. The summed E-state index contributed by atoms with van der Waals surface area (Å²) in [5, 5.41) is 11.6. The summed E-state index contributed by atoms with van der Waals surface area (Å²) < 4.78 is 5.67. The molecule has 1 aromatic rings. The van der Waals surface area contributed by atoms with Crippen molar-refractivity contribution >= 4 is 11.6 Å². The Hall–Kier alpha value is -1.90. The van der Waals surface area contributed by atoms with Crippen LogP contribution in [0.4, 0.5) is 5.69 Å². The number of rotatable bonds is 4. The molecule has 1 heterocycles. The summed E-state index contributed by atoms with van der Waals surface area (Å²) in [5.74, 6) is -0.00787. The van der Waals surface area contributed by atoms with Gasteiger partial charge in [0.05, 0.1) is 23.8 Å². The van der Waals surface area contributed by atoms with Crippen molar-refractivity contribution in [1.82, 2.24) is 4.90 Å². The number of nitrogens with one attached hydrogen (secondary N) is 1. The third-order valence-electron chi connectivity index (χ3n) is 3.45. The summed E-state index contributed by atoms with van der Waals surface area (Å²) in [7, 11) is 0. The van der Waals surface area contributed by atoms with Gasteiger partial charge in [0.2, 0.25) is 5.91 Å². The van der Waals surface area contributed by atoms with E-state index in [9.17, 15) is 4.79 Å². The van der Waals surface area contributed by atoms with Crippen LogP contribution in [0.5, 0.6) is 0 Å². The lowest BCUT2D eigenvalue weighted by molar-refractivity contribution is -0.117. The molecule has 5 nitrogen and oxygen atoms in total. The summed E-state index contributed by atoms with van der Waals surface area (Å²) in [6.07, 6.45) is 0.894. The fraction of sp³-hybridized carbons (Fsp3) is 0.500. The predicted molar refractivity (Wildman–Crippen MR) is 80.9 cm³/mol. The number of carbonyl (C=O) groups is 1. The van der Waals surface area contributed by atoms with Gasteiger partial charge in [0, 0.05) is 31.7 Å². The number of carbonyl (C=O) groups excluding carboxylic acids is 1. The molecule has 0 aliphatic carbocycles. The number of morpholine rings is 1. The number of hydrogen-bond acceptors (Lipinski definition) is 4. The molecule has 0 radical (unpaired) electrons. The van der Waals surface area contributed by atoms with Crippen molar-refractivity contribution < 1.29 is 9.53 Å². The highest BCUT2D eigenvalue weighted by molar-refractivity contribution is 5.90. The van der Waals surface area contributed by atoms with E-state index >= 15 is 0 Å². The maximum atomic E-state index is 11.9. The highest BCUT2D eigenvalue weighted by Crippen LogP contribution is 2.12. The lowest BCUT2D eigenvalue weighted by Crippen LogP contribution is -2.46. The SMILES string of the molecule is C[C@@H]1CN(CCC(=O)Nc2ccc(C#N)cc2)C[C@H](C)O1. The number of ether oxygens (including phenoxy) is 1. The van der Waals surface area contributed by atoms with Gasteiger partial charge in [-0.1, -0.05) is 0 Å². The van der Waals surface area contributed by atoms with Gasteiger partial charge >= 0.3 is 0 Å². The Morgan fingerprint density at radius 3 is 2.52 bits per heavy atom. The molecular formula is C16H21N3O2. The van der Waals surface area contributed by atoms with Gasteiger partial charge < -0.3 is 10.1 Å². The third-order valence-corrected chi connectivity index (χ3v) is 3.45. The molecule has 1 aromatic carbocycles. The fourth-order valence-corrected chi connectivity index (χ4v) is 2.58. The second-order valence-electron chi connectivity index (χ2n) is 5.50. The molecule has 0 spiro atoms. The van der Waals surface area contributed by atoms with E-state index in [-0.39, 0.29) is 18.1 Å². The van der Waals surface area contributed by atoms with E-state index in [0.29, 0.717) is 12.0 Å². The third kappa shape index (κ3) is 4.85. The number of hydrogen-bond donors (Lipinski definition) is 1. The zero-order valence-corrected chi connectivity index (χ0v) is 12.5. The van der Waals surface area contributed by atoms with Gasteiger partial charge in [-0.2, -0.15) is 5.26 Å². The second kappa shape index (κ2) is 7.21. The van der Waals surface area contributed by atoms with Crippen molar-refractivity contribution in [3.05, 3.63) is 29.8 Å². The average molecular weight is 287 g/mol. The van der Waals surface area contributed by atoms with Crippen molar-refractivity contribution in [3.8, 4) is 6.07 Å². The maximum Gasteiger partial charge on any atom is 0.225 e. The first-order chi connectivity index (χ1) is 10.1. The number of benzene rings is 1. The topological polar surface area (TPSA) is 65.4 Å². The molecule has 112 valence electrons. The van der Waals surface area contributed by atoms with Crippen LogP contribution in [-0.4, -0.2) is 42.6 Å². The second-order valence-corrected chi connectivity index (χ2v) is 5.50. The van der Waals surface area contributed by atoms with E-state index in [4.69, 9.17) is 10.00 Å². The van der Waals surface area contributed by atoms with Crippen LogP contribution in [0.15, 0.2) is 24.3 Å². The van der Waals surface area contributed by atoms with Gasteiger partial charge in [-0.05, 0) is 38.1 Å². The van der Waals surface area contributed by atoms with E-state index in [1.165, 1.54) is 0 Å². The van der Waals surface area contributed by atoms with Crippen LogP contribution in [0.3, 0.4) is 0 Å². The number of nitrogens with zero attached hydrogens (tertiary/aromatic N) is 2. The van der Waals surface area contributed by atoms with Gasteiger partial charge in [-0.15, -0.1) is 0 Å². The lowest BCUT2D eigenvalue weighted by atomic mass is 10.2. The Labute approximate surface area is 125 Å². The smallest absolute Gasteiger partial charge is 0.225 e. The minimum absolute atomic E-state index is 0.00787. The molecule has 1 aliphatic rings. The van der Waals surface area contributed by atoms with E-state index in [2.05, 4.69) is 30.1 Å². The molecule has 21 heavy (non-hydrogen) atoms. The molecule has 0 unspecified atom stereocenters. The number of amides is 1. The maximum absolute atomic E-state index is 11.9. The molecule has 0 bridgehead atoms. The Balaban J connectivity index is 1.78. The number of nitriles is 1. The van der Waals surface area contributed by atoms with Gasteiger partial charge in [-0.25, -0.2) is 0 Å². The van der Waals surface area contributed by atoms with Crippen LogP contribution in [0, 0.1) is 11.3 Å². The average Bonchev–Trinajstić information content (AvgIpc) is 2.45. The molecule has 2 rings (SSSR count). The number of anilines is 1. The van der Waals surface area contributed by atoms with E-state index in [1.54, 1.807) is 24.3 Å². The summed E-state index contributed by atoms with van der Waals surface area (Å²) in [4.78, 5) is 14.2. The van der Waals surface area contributed by atoms with Gasteiger partial charge in [-0.3, -0.25) is 9.69 Å². The monoisotopic (exact) mass is 287 g/mol. The molecule has 1 saturated heterocycles. The van der Waals surface area contributed by atoms with Crippen LogP contribution in [0.25, 0.3) is 0 Å². The van der Waals surface area contributed by atoms with Crippen molar-refractivity contribution in [3.63, 3.8) is 0 Å². The van der Waals surface area contributed by atoms with Gasteiger partial charge in [0.15, 0.2) is 0 Å². The summed E-state index contributed by atoms with van der Waals surface area (Å²) >= 11 is 0. The molecule has 1 N–H and O–H groups in total. The normalized spacial score (nSPS) is 22.5. The molecule has 0 aromatic heterocycles.